The molecule has 0 fully saturated rings. The first kappa shape index (κ1) is 12.2. The predicted molar refractivity (Wildman–Crippen MR) is 70.7 cm³/mol. The lowest BCUT2D eigenvalue weighted by molar-refractivity contribution is 0.182. The maximum absolute atomic E-state index is 9.01. The fourth-order valence-corrected chi connectivity index (χ4v) is 2.53. The molecule has 3 nitrogen and oxygen atoms in total. The number of benzene rings is 1. The van der Waals surface area contributed by atoms with Crippen molar-refractivity contribution >= 4 is 27.3 Å². The third-order valence-corrected chi connectivity index (χ3v) is 3.75. The molecule has 0 saturated heterocycles. The molecule has 0 spiro atoms. The van der Waals surface area contributed by atoms with Crippen molar-refractivity contribution in [3.8, 4) is 16.6 Å². The second-order valence-electron chi connectivity index (χ2n) is 3.35. The van der Waals surface area contributed by atoms with Crippen LogP contribution in [0, 0.1) is 11.3 Å². The topological polar surface area (TPSA) is 45.9 Å². The van der Waals surface area contributed by atoms with Crippen molar-refractivity contribution in [1.82, 2.24) is 4.98 Å². The second-order valence-corrected chi connectivity index (χ2v) is 5.26. The predicted octanol–water partition coefficient (Wildman–Crippen LogP) is 3.59. The molecule has 0 atom stereocenters. The molecule has 5 heteroatoms. The first-order valence-electron chi connectivity index (χ1n) is 4.89. The van der Waals surface area contributed by atoms with Gasteiger partial charge in [-0.1, -0.05) is 28.1 Å². The van der Waals surface area contributed by atoms with E-state index in [0.29, 0.717) is 17.2 Å². The van der Waals surface area contributed by atoms with E-state index in [9.17, 15) is 0 Å². The van der Waals surface area contributed by atoms with Gasteiger partial charge in [0.1, 0.15) is 16.0 Å². The Kier molecular flexibility index (Phi) is 3.89. The summed E-state index contributed by atoms with van der Waals surface area (Å²) in [5.74, 6) is 0. The fourth-order valence-electron chi connectivity index (χ4n) is 1.39. The van der Waals surface area contributed by atoms with Gasteiger partial charge in [0.15, 0.2) is 0 Å². The van der Waals surface area contributed by atoms with E-state index in [0.717, 1.165) is 15.0 Å². The van der Waals surface area contributed by atoms with Crippen molar-refractivity contribution in [3.63, 3.8) is 0 Å². The third kappa shape index (κ3) is 2.72. The molecule has 1 heterocycles. The number of halogens is 1. The van der Waals surface area contributed by atoms with E-state index in [2.05, 4.69) is 27.0 Å². The largest absolute Gasteiger partial charge is 0.378 e. The molecule has 86 valence electrons. The molecular weight excluding hydrogens is 300 g/mol. The molecule has 2 aromatic rings. The van der Waals surface area contributed by atoms with Gasteiger partial charge in [-0.25, -0.2) is 4.98 Å². The minimum Gasteiger partial charge on any atom is -0.378 e. The van der Waals surface area contributed by atoms with Gasteiger partial charge < -0.3 is 4.74 Å². The van der Waals surface area contributed by atoms with Crippen LogP contribution in [0.15, 0.2) is 28.7 Å². The van der Waals surface area contributed by atoms with Crippen LogP contribution in [-0.2, 0) is 11.3 Å². The van der Waals surface area contributed by atoms with Crippen LogP contribution in [0.2, 0.25) is 0 Å². The molecule has 1 aromatic heterocycles. The molecule has 0 unspecified atom stereocenters. The standard InChI is InChI=1S/C12H9BrN2OS/c1-16-7-10-11(6-14)17-12(15-10)8-2-4-9(13)5-3-8/h2-5H,7H2,1H3. The van der Waals surface area contributed by atoms with Crippen LogP contribution >= 0.6 is 27.3 Å². The zero-order valence-electron chi connectivity index (χ0n) is 9.11. The Morgan fingerprint density at radius 2 is 2.12 bits per heavy atom. The van der Waals surface area contributed by atoms with Crippen LogP contribution in [0.5, 0.6) is 0 Å². The Morgan fingerprint density at radius 1 is 1.41 bits per heavy atom. The highest BCUT2D eigenvalue weighted by atomic mass is 79.9. The highest BCUT2D eigenvalue weighted by molar-refractivity contribution is 9.10. The van der Waals surface area contributed by atoms with Crippen LogP contribution in [0.4, 0.5) is 0 Å². The lowest BCUT2D eigenvalue weighted by Gasteiger charge is -1.96. The van der Waals surface area contributed by atoms with E-state index in [1.165, 1.54) is 11.3 Å². The fraction of sp³-hybridized carbons (Fsp3) is 0.167. The Hall–Kier alpha value is -1.22. The molecule has 0 radical (unpaired) electrons. The number of methoxy groups -OCH3 is 1. The molecule has 0 amide bonds. The Labute approximate surface area is 112 Å². The van der Waals surface area contributed by atoms with Gasteiger partial charge in [0.05, 0.1) is 12.3 Å². The Balaban J connectivity index is 2.40. The summed E-state index contributed by atoms with van der Waals surface area (Å²) in [5.41, 5.74) is 1.72. The monoisotopic (exact) mass is 308 g/mol. The summed E-state index contributed by atoms with van der Waals surface area (Å²) in [6, 6.07) is 10.0. The minimum atomic E-state index is 0.371. The van der Waals surface area contributed by atoms with E-state index in [-0.39, 0.29) is 0 Å². The summed E-state index contributed by atoms with van der Waals surface area (Å²) in [4.78, 5) is 5.04. The molecule has 0 aliphatic heterocycles. The maximum Gasteiger partial charge on any atom is 0.130 e. The zero-order valence-corrected chi connectivity index (χ0v) is 11.5. The smallest absolute Gasteiger partial charge is 0.130 e. The summed E-state index contributed by atoms with van der Waals surface area (Å²) in [6.45, 7) is 0.371. The second kappa shape index (κ2) is 5.41. The highest BCUT2D eigenvalue weighted by Crippen LogP contribution is 2.28. The van der Waals surface area contributed by atoms with Crippen LogP contribution < -0.4 is 0 Å². The Bertz CT molecular complexity index is 557. The van der Waals surface area contributed by atoms with Crippen LogP contribution in [-0.4, -0.2) is 12.1 Å². The van der Waals surface area contributed by atoms with Gasteiger partial charge in [-0.15, -0.1) is 11.3 Å². The molecule has 17 heavy (non-hydrogen) atoms. The van der Waals surface area contributed by atoms with Crippen molar-refractivity contribution in [3.05, 3.63) is 39.3 Å². The summed E-state index contributed by atoms with van der Waals surface area (Å²) in [5, 5.41) is 9.86. The minimum absolute atomic E-state index is 0.371. The molecular formula is C12H9BrN2OS. The van der Waals surface area contributed by atoms with Gasteiger partial charge in [0.2, 0.25) is 0 Å². The van der Waals surface area contributed by atoms with E-state index in [1.54, 1.807) is 7.11 Å². The van der Waals surface area contributed by atoms with Gasteiger partial charge >= 0.3 is 0 Å². The molecule has 0 aliphatic rings. The van der Waals surface area contributed by atoms with Crippen molar-refractivity contribution in [1.29, 1.82) is 5.26 Å². The molecule has 0 aliphatic carbocycles. The maximum atomic E-state index is 9.01. The van der Waals surface area contributed by atoms with Gasteiger partial charge in [-0.3, -0.25) is 0 Å². The molecule has 0 N–H and O–H groups in total. The summed E-state index contributed by atoms with van der Waals surface area (Å²) >= 11 is 4.78. The van der Waals surface area contributed by atoms with E-state index in [1.807, 2.05) is 24.3 Å². The quantitative estimate of drug-likeness (QED) is 0.870. The van der Waals surface area contributed by atoms with E-state index in [4.69, 9.17) is 10.00 Å². The number of ether oxygens (including phenoxy) is 1. The van der Waals surface area contributed by atoms with Crippen molar-refractivity contribution < 1.29 is 4.74 Å². The normalized spacial score (nSPS) is 10.2. The van der Waals surface area contributed by atoms with Crippen molar-refractivity contribution in [2.45, 2.75) is 6.61 Å². The number of thiazole rings is 1. The number of rotatable bonds is 3. The van der Waals surface area contributed by atoms with Gasteiger partial charge in [0, 0.05) is 17.1 Å². The highest BCUT2D eigenvalue weighted by Gasteiger charge is 2.11. The lowest BCUT2D eigenvalue weighted by Crippen LogP contribution is -1.90. The van der Waals surface area contributed by atoms with Crippen LogP contribution in [0.1, 0.15) is 10.6 Å². The average Bonchev–Trinajstić information content (AvgIpc) is 2.74. The number of nitrogens with zero attached hydrogens (tertiary/aromatic N) is 2. The van der Waals surface area contributed by atoms with Crippen molar-refractivity contribution in [2.75, 3.05) is 7.11 Å². The number of hydrogen-bond acceptors (Lipinski definition) is 4. The van der Waals surface area contributed by atoms with Crippen molar-refractivity contribution in [2.24, 2.45) is 0 Å². The third-order valence-electron chi connectivity index (χ3n) is 2.17. The van der Waals surface area contributed by atoms with E-state index < -0.39 is 0 Å². The number of hydrogen-bond donors (Lipinski definition) is 0. The first-order valence-corrected chi connectivity index (χ1v) is 6.50. The molecule has 2 rings (SSSR count). The molecule has 0 bridgehead atoms. The van der Waals surface area contributed by atoms with Gasteiger partial charge in [0.25, 0.3) is 0 Å². The summed E-state index contributed by atoms with van der Waals surface area (Å²) in [6.07, 6.45) is 0. The van der Waals surface area contributed by atoms with Crippen LogP contribution in [0.3, 0.4) is 0 Å². The van der Waals surface area contributed by atoms with Gasteiger partial charge in [-0.05, 0) is 12.1 Å². The number of aromatic nitrogens is 1. The first-order chi connectivity index (χ1) is 8.24. The number of nitriles is 1. The molecule has 0 saturated carbocycles. The summed E-state index contributed by atoms with van der Waals surface area (Å²) in [7, 11) is 1.60. The molecule has 1 aromatic carbocycles. The average molecular weight is 309 g/mol. The SMILES string of the molecule is COCc1nc(-c2ccc(Br)cc2)sc1C#N. The van der Waals surface area contributed by atoms with E-state index >= 15 is 0 Å². The zero-order chi connectivity index (χ0) is 12.3. The van der Waals surface area contributed by atoms with Crippen LogP contribution in [0.25, 0.3) is 10.6 Å². The Morgan fingerprint density at radius 3 is 2.71 bits per heavy atom. The summed E-state index contributed by atoms with van der Waals surface area (Å²) < 4.78 is 6.05. The van der Waals surface area contributed by atoms with Gasteiger partial charge in [-0.2, -0.15) is 5.26 Å². The lowest BCUT2D eigenvalue weighted by atomic mass is 10.2.